The number of hydrogen-bond acceptors (Lipinski definition) is 3. The first-order chi connectivity index (χ1) is 16.2. The van der Waals surface area contributed by atoms with Crippen LogP contribution in [0.15, 0.2) is 42.5 Å². The molecule has 0 unspecified atom stereocenters. The lowest BCUT2D eigenvalue weighted by Gasteiger charge is -2.14. The minimum absolute atomic E-state index is 0.00201. The van der Waals surface area contributed by atoms with Gasteiger partial charge in [-0.05, 0) is 63.3 Å². The van der Waals surface area contributed by atoms with Crippen molar-refractivity contribution in [3.05, 3.63) is 70.4 Å². The number of rotatable bonds is 9. The van der Waals surface area contributed by atoms with Crippen molar-refractivity contribution in [2.24, 2.45) is 0 Å². The second kappa shape index (κ2) is 11.5. The Balaban J connectivity index is 1.39. The van der Waals surface area contributed by atoms with Crippen LogP contribution < -0.4 is 16.2 Å². The van der Waals surface area contributed by atoms with Gasteiger partial charge in [0, 0.05) is 35.5 Å². The van der Waals surface area contributed by atoms with Crippen molar-refractivity contribution in [2.45, 2.75) is 65.8 Å². The molecule has 7 heteroatoms. The van der Waals surface area contributed by atoms with E-state index >= 15 is 0 Å². The lowest BCUT2D eigenvalue weighted by atomic mass is 10.0. The summed E-state index contributed by atoms with van der Waals surface area (Å²) in [6.45, 7) is 7.96. The Bertz CT molecular complexity index is 1170. The van der Waals surface area contributed by atoms with Crippen LogP contribution in [0.25, 0.3) is 10.9 Å². The third-order valence-corrected chi connectivity index (χ3v) is 5.94. The fraction of sp³-hybridized carbons (Fsp3) is 0.370. The largest absolute Gasteiger partial charge is 0.358 e. The first-order valence-corrected chi connectivity index (χ1v) is 11.7. The van der Waals surface area contributed by atoms with E-state index in [0.717, 1.165) is 46.1 Å². The monoisotopic (exact) mass is 462 g/mol. The van der Waals surface area contributed by atoms with E-state index in [1.165, 1.54) is 5.56 Å². The maximum absolute atomic E-state index is 12.4. The number of amides is 3. The van der Waals surface area contributed by atoms with E-state index in [0.29, 0.717) is 0 Å². The molecule has 3 rings (SSSR count). The van der Waals surface area contributed by atoms with Gasteiger partial charge >= 0.3 is 0 Å². The molecule has 1 heterocycles. The van der Waals surface area contributed by atoms with Gasteiger partial charge in [0.15, 0.2) is 0 Å². The lowest BCUT2D eigenvalue weighted by Crippen LogP contribution is -2.43. The van der Waals surface area contributed by atoms with Crippen LogP contribution >= 0.6 is 0 Å². The Morgan fingerprint density at radius 1 is 0.912 bits per heavy atom. The molecule has 34 heavy (non-hydrogen) atoms. The van der Waals surface area contributed by atoms with E-state index in [1.54, 1.807) is 0 Å². The van der Waals surface area contributed by atoms with Gasteiger partial charge in [-0.15, -0.1) is 0 Å². The Labute approximate surface area is 200 Å². The summed E-state index contributed by atoms with van der Waals surface area (Å²) >= 11 is 0. The van der Waals surface area contributed by atoms with Gasteiger partial charge in [-0.25, -0.2) is 0 Å². The van der Waals surface area contributed by atoms with Gasteiger partial charge in [-0.2, -0.15) is 0 Å². The van der Waals surface area contributed by atoms with Crippen molar-refractivity contribution in [1.29, 1.82) is 0 Å². The smallest absolute Gasteiger partial charge is 0.242 e. The van der Waals surface area contributed by atoms with Crippen LogP contribution in [0.5, 0.6) is 0 Å². The number of carbonyl (C=O) groups excluding carboxylic acids is 3. The minimum atomic E-state index is -0.400. The molecule has 3 amide bonds. The average Bonchev–Trinajstić information content (AvgIpc) is 3.11. The molecule has 3 aromatic rings. The Hall–Kier alpha value is -3.61. The second-order valence-electron chi connectivity index (χ2n) is 9.00. The average molecular weight is 463 g/mol. The summed E-state index contributed by atoms with van der Waals surface area (Å²) in [5.74, 6) is -0.888. The van der Waals surface area contributed by atoms with Crippen LogP contribution in [-0.4, -0.2) is 28.7 Å². The molecule has 0 saturated carbocycles. The molecule has 0 bridgehead atoms. The molecule has 0 saturated heterocycles. The van der Waals surface area contributed by atoms with Crippen molar-refractivity contribution >= 4 is 28.6 Å². The summed E-state index contributed by atoms with van der Waals surface area (Å²) in [6, 6.07) is 14.3. The fourth-order valence-electron chi connectivity index (χ4n) is 4.15. The zero-order valence-corrected chi connectivity index (χ0v) is 20.4. The van der Waals surface area contributed by atoms with Crippen LogP contribution in [0.1, 0.15) is 54.1 Å². The topological polar surface area (TPSA) is 103 Å². The first-order valence-electron chi connectivity index (χ1n) is 11.7. The van der Waals surface area contributed by atoms with Gasteiger partial charge in [0.25, 0.3) is 0 Å². The van der Waals surface area contributed by atoms with Crippen molar-refractivity contribution < 1.29 is 14.4 Å². The molecular weight excluding hydrogens is 428 g/mol. The Kier molecular flexibility index (Phi) is 8.46. The van der Waals surface area contributed by atoms with Crippen LogP contribution in [0.4, 0.5) is 0 Å². The highest BCUT2D eigenvalue weighted by Crippen LogP contribution is 2.26. The number of fused-ring (bicyclic) bond motifs is 1. The number of carbonyl (C=O) groups is 3. The number of benzene rings is 2. The first kappa shape index (κ1) is 25.0. The van der Waals surface area contributed by atoms with E-state index in [1.807, 2.05) is 45.9 Å². The van der Waals surface area contributed by atoms with Crippen LogP contribution in [0, 0.1) is 20.8 Å². The Morgan fingerprint density at radius 2 is 1.59 bits per heavy atom. The molecule has 4 N–H and O–H groups in total. The van der Waals surface area contributed by atoms with Crippen molar-refractivity contribution in [2.75, 3.05) is 0 Å². The highest BCUT2D eigenvalue weighted by molar-refractivity contribution is 5.93. The predicted octanol–water partition coefficient (Wildman–Crippen LogP) is 3.70. The van der Waals surface area contributed by atoms with Gasteiger partial charge in [-0.3, -0.25) is 25.2 Å². The predicted molar refractivity (Wildman–Crippen MR) is 134 cm³/mol. The molecule has 180 valence electrons. The molecule has 1 aromatic heterocycles. The number of aryl methyl sites for hydroxylation is 4. The maximum atomic E-state index is 12.4. The Morgan fingerprint density at radius 3 is 2.32 bits per heavy atom. The minimum Gasteiger partial charge on any atom is -0.358 e. The van der Waals surface area contributed by atoms with Crippen molar-refractivity contribution in [1.82, 2.24) is 21.2 Å². The quantitative estimate of drug-likeness (QED) is 0.365. The zero-order valence-electron chi connectivity index (χ0n) is 20.4. The summed E-state index contributed by atoms with van der Waals surface area (Å²) < 4.78 is 0. The SMILES string of the molecule is Cc1cc(C)c2[nH]c(C)c(CC(=O)NNC(=O)CCC(=O)N[C@@H](C)CCc3ccccc3)c2c1. The van der Waals surface area contributed by atoms with Gasteiger partial charge < -0.3 is 10.3 Å². The summed E-state index contributed by atoms with van der Waals surface area (Å²) in [4.78, 5) is 40.0. The van der Waals surface area contributed by atoms with Gasteiger partial charge in [0.05, 0.1) is 6.42 Å². The number of H-pyrrole nitrogens is 1. The van der Waals surface area contributed by atoms with E-state index < -0.39 is 5.91 Å². The molecule has 2 aromatic carbocycles. The van der Waals surface area contributed by atoms with Crippen LogP contribution in [0.2, 0.25) is 0 Å². The molecule has 7 nitrogen and oxygen atoms in total. The highest BCUT2D eigenvalue weighted by atomic mass is 16.2. The summed E-state index contributed by atoms with van der Waals surface area (Å²) in [5, 5.41) is 3.95. The third-order valence-electron chi connectivity index (χ3n) is 5.94. The maximum Gasteiger partial charge on any atom is 0.242 e. The molecule has 0 spiro atoms. The molecule has 1 atom stereocenters. The molecule has 0 aliphatic rings. The van der Waals surface area contributed by atoms with Crippen molar-refractivity contribution in [3.63, 3.8) is 0 Å². The van der Waals surface area contributed by atoms with Gasteiger partial charge in [-0.1, -0.05) is 42.0 Å². The zero-order chi connectivity index (χ0) is 24.7. The van der Waals surface area contributed by atoms with Gasteiger partial charge in [0.1, 0.15) is 0 Å². The van der Waals surface area contributed by atoms with Crippen LogP contribution in [0.3, 0.4) is 0 Å². The molecule has 0 fully saturated rings. The number of hydrogen-bond donors (Lipinski definition) is 4. The molecule has 0 radical (unpaired) electrons. The number of hydrazine groups is 1. The van der Waals surface area contributed by atoms with E-state index in [4.69, 9.17) is 0 Å². The van der Waals surface area contributed by atoms with E-state index in [-0.39, 0.29) is 37.1 Å². The summed E-state index contributed by atoms with van der Waals surface area (Å²) in [5.41, 5.74) is 11.2. The fourth-order valence-corrected chi connectivity index (χ4v) is 4.15. The second-order valence-corrected chi connectivity index (χ2v) is 9.00. The molecular formula is C27H34N4O3. The summed E-state index contributed by atoms with van der Waals surface area (Å²) in [6.07, 6.45) is 1.92. The number of aromatic nitrogens is 1. The van der Waals surface area contributed by atoms with E-state index in [2.05, 4.69) is 45.4 Å². The molecule has 0 aliphatic carbocycles. The van der Waals surface area contributed by atoms with E-state index in [9.17, 15) is 14.4 Å². The van der Waals surface area contributed by atoms with Crippen LogP contribution in [-0.2, 0) is 27.2 Å². The normalized spacial score (nSPS) is 11.8. The summed E-state index contributed by atoms with van der Waals surface area (Å²) in [7, 11) is 0. The standard InChI is InChI=1S/C27H34N4O3/c1-17-14-18(2)27-23(15-17)22(20(4)29-27)16-26(34)31-30-25(33)13-12-24(32)28-19(3)10-11-21-8-6-5-7-9-21/h5-9,14-15,19,29H,10-13,16H2,1-4H3,(H,28,32)(H,30,33)(H,31,34)/t19-/m0/s1. The number of aromatic amines is 1. The number of nitrogens with one attached hydrogen (secondary N) is 4. The molecule has 0 aliphatic heterocycles. The lowest BCUT2D eigenvalue weighted by molar-refractivity contribution is -0.130. The highest BCUT2D eigenvalue weighted by Gasteiger charge is 2.15. The van der Waals surface area contributed by atoms with Crippen molar-refractivity contribution in [3.8, 4) is 0 Å². The van der Waals surface area contributed by atoms with Gasteiger partial charge in [0.2, 0.25) is 17.7 Å². The third kappa shape index (κ3) is 6.94.